The van der Waals surface area contributed by atoms with E-state index in [1.165, 1.54) is 10.8 Å². The third kappa shape index (κ3) is 3.96. The Balaban J connectivity index is 1.63. The lowest BCUT2D eigenvalue weighted by molar-refractivity contribution is 0.0925. The van der Waals surface area contributed by atoms with Crippen LogP contribution in [0.3, 0.4) is 0 Å². The van der Waals surface area contributed by atoms with Gasteiger partial charge in [-0.2, -0.15) is 0 Å². The summed E-state index contributed by atoms with van der Waals surface area (Å²) in [4.78, 5) is 29.7. The molecule has 2 heterocycles. The smallest absolute Gasteiger partial charge is 0.292 e. The first kappa shape index (κ1) is 19.0. The van der Waals surface area contributed by atoms with Crippen LogP contribution >= 0.6 is 0 Å². The number of pyridine rings is 1. The van der Waals surface area contributed by atoms with Crippen molar-refractivity contribution in [1.29, 1.82) is 0 Å². The topological polar surface area (TPSA) is 75.5 Å². The Bertz CT molecular complexity index is 1070. The number of nitrogens with one attached hydrogen (secondary N) is 2. The van der Waals surface area contributed by atoms with Crippen LogP contribution in [-0.2, 0) is 0 Å². The number of halogens is 2. The van der Waals surface area contributed by atoms with E-state index in [4.69, 9.17) is 0 Å². The summed E-state index contributed by atoms with van der Waals surface area (Å²) in [5, 5.41) is 5.38. The average Bonchev–Trinajstić information content (AvgIpc) is 3.11. The van der Waals surface area contributed by atoms with E-state index in [1.807, 2.05) is 0 Å². The molecule has 1 aliphatic rings. The maximum atomic E-state index is 13.9. The van der Waals surface area contributed by atoms with Crippen molar-refractivity contribution in [1.82, 2.24) is 14.7 Å². The van der Waals surface area contributed by atoms with Crippen molar-refractivity contribution in [3.05, 3.63) is 65.7 Å². The Kier molecular flexibility index (Phi) is 5.24. The molecule has 0 atom stereocenters. The van der Waals surface area contributed by atoms with Crippen molar-refractivity contribution in [3.63, 3.8) is 0 Å². The van der Waals surface area contributed by atoms with Gasteiger partial charge in [0.2, 0.25) is 5.82 Å². The summed E-state index contributed by atoms with van der Waals surface area (Å²) in [6, 6.07) is 8.10. The number of fused-ring (bicyclic) bond motifs is 1. The molecule has 0 bridgehead atoms. The highest BCUT2D eigenvalue weighted by Gasteiger charge is 2.24. The fraction of sp³-hybridized carbons (Fsp3) is 0.286. The van der Waals surface area contributed by atoms with Crippen LogP contribution in [0, 0.1) is 11.6 Å². The molecule has 0 aliphatic heterocycles. The SMILES string of the molecule is O=C(NC1CCCCC1)c1nc(C(=O)Nc2ccc(F)cc2F)n2ccccc12. The number of nitrogens with zero attached hydrogens (tertiary/aromatic N) is 2. The number of anilines is 1. The van der Waals surface area contributed by atoms with Crippen LogP contribution in [0.4, 0.5) is 14.5 Å². The minimum Gasteiger partial charge on any atom is -0.348 e. The van der Waals surface area contributed by atoms with Gasteiger partial charge in [0.15, 0.2) is 5.69 Å². The summed E-state index contributed by atoms with van der Waals surface area (Å²) in [7, 11) is 0. The highest BCUT2D eigenvalue weighted by Crippen LogP contribution is 2.20. The summed E-state index contributed by atoms with van der Waals surface area (Å²) in [6.07, 6.45) is 6.78. The maximum absolute atomic E-state index is 13.9. The fourth-order valence-electron chi connectivity index (χ4n) is 3.63. The molecule has 6 nitrogen and oxygen atoms in total. The molecular formula is C21H20F2N4O2. The number of rotatable bonds is 4. The van der Waals surface area contributed by atoms with Gasteiger partial charge in [-0.1, -0.05) is 25.3 Å². The van der Waals surface area contributed by atoms with Crippen molar-refractivity contribution >= 4 is 23.0 Å². The van der Waals surface area contributed by atoms with Crippen LogP contribution in [0.2, 0.25) is 0 Å². The van der Waals surface area contributed by atoms with E-state index in [2.05, 4.69) is 15.6 Å². The lowest BCUT2D eigenvalue weighted by atomic mass is 9.95. The second kappa shape index (κ2) is 7.98. The summed E-state index contributed by atoms with van der Waals surface area (Å²) in [5.74, 6) is -2.73. The average molecular weight is 398 g/mol. The van der Waals surface area contributed by atoms with Gasteiger partial charge in [0.05, 0.1) is 11.2 Å². The molecule has 150 valence electrons. The van der Waals surface area contributed by atoms with Gasteiger partial charge in [-0.25, -0.2) is 13.8 Å². The molecule has 1 aromatic carbocycles. The lowest BCUT2D eigenvalue weighted by Crippen LogP contribution is -2.36. The van der Waals surface area contributed by atoms with Gasteiger partial charge in [-0.15, -0.1) is 0 Å². The van der Waals surface area contributed by atoms with Gasteiger partial charge >= 0.3 is 0 Å². The normalized spacial score (nSPS) is 14.7. The van der Waals surface area contributed by atoms with Crippen LogP contribution in [-0.4, -0.2) is 27.2 Å². The molecule has 2 amide bonds. The van der Waals surface area contributed by atoms with Gasteiger partial charge in [0, 0.05) is 18.3 Å². The number of benzene rings is 1. The molecule has 0 unspecified atom stereocenters. The van der Waals surface area contributed by atoms with Gasteiger partial charge in [0.25, 0.3) is 11.8 Å². The van der Waals surface area contributed by atoms with E-state index in [1.54, 1.807) is 24.4 Å². The number of aromatic nitrogens is 2. The van der Waals surface area contributed by atoms with E-state index in [0.29, 0.717) is 11.6 Å². The van der Waals surface area contributed by atoms with Crippen LogP contribution in [0.25, 0.3) is 5.52 Å². The highest BCUT2D eigenvalue weighted by molar-refractivity contribution is 6.06. The molecule has 2 aromatic heterocycles. The number of carbonyl (C=O) groups is 2. The quantitative estimate of drug-likeness (QED) is 0.699. The Morgan fingerprint density at radius 1 is 1.03 bits per heavy atom. The van der Waals surface area contributed by atoms with Crippen molar-refractivity contribution in [2.75, 3.05) is 5.32 Å². The number of amides is 2. The Morgan fingerprint density at radius 3 is 2.59 bits per heavy atom. The molecule has 2 N–H and O–H groups in total. The second-order valence-corrected chi connectivity index (χ2v) is 7.13. The molecule has 0 spiro atoms. The van der Waals surface area contributed by atoms with Gasteiger partial charge < -0.3 is 10.6 Å². The molecule has 1 saturated carbocycles. The predicted octanol–water partition coefficient (Wildman–Crippen LogP) is 3.93. The molecule has 4 rings (SSSR count). The first-order chi connectivity index (χ1) is 14.0. The molecule has 0 saturated heterocycles. The third-order valence-corrected chi connectivity index (χ3v) is 5.09. The van der Waals surface area contributed by atoms with Crippen LogP contribution in [0.15, 0.2) is 42.6 Å². The van der Waals surface area contributed by atoms with Crippen molar-refractivity contribution in [2.45, 2.75) is 38.1 Å². The third-order valence-electron chi connectivity index (χ3n) is 5.09. The van der Waals surface area contributed by atoms with Crippen molar-refractivity contribution in [3.8, 4) is 0 Å². The van der Waals surface area contributed by atoms with E-state index in [0.717, 1.165) is 37.8 Å². The summed E-state index contributed by atoms with van der Waals surface area (Å²) < 4.78 is 28.5. The largest absolute Gasteiger partial charge is 0.348 e. The van der Waals surface area contributed by atoms with Crippen LogP contribution in [0.5, 0.6) is 0 Å². The Labute approximate surface area is 165 Å². The number of hydrogen-bond donors (Lipinski definition) is 2. The molecule has 29 heavy (non-hydrogen) atoms. The minimum absolute atomic E-state index is 0.0573. The number of carbonyl (C=O) groups excluding carboxylic acids is 2. The molecule has 0 radical (unpaired) electrons. The monoisotopic (exact) mass is 398 g/mol. The zero-order chi connectivity index (χ0) is 20.4. The molecule has 1 aliphatic carbocycles. The van der Waals surface area contributed by atoms with E-state index in [9.17, 15) is 18.4 Å². The highest BCUT2D eigenvalue weighted by atomic mass is 19.1. The number of hydrogen-bond acceptors (Lipinski definition) is 3. The Morgan fingerprint density at radius 2 is 1.83 bits per heavy atom. The van der Waals surface area contributed by atoms with E-state index < -0.39 is 17.5 Å². The molecule has 3 aromatic rings. The molecule has 8 heteroatoms. The minimum atomic E-state index is -0.894. The first-order valence-electron chi connectivity index (χ1n) is 9.57. The van der Waals surface area contributed by atoms with E-state index in [-0.39, 0.29) is 29.2 Å². The van der Waals surface area contributed by atoms with Gasteiger partial charge in [-0.05, 0) is 37.1 Å². The van der Waals surface area contributed by atoms with Crippen LogP contribution < -0.4 is 10.6 Å². The summed E-state index contributed by atoms with van der Waals surface area (Å²) in [5.41, 5.74) is 0.448. The standard InChI is InChI=1S/C21H20F2N4O2/c22-13-9-10-16(15(23)12-13)25-21(29)19-26-18(17-8-4-5-11-27(17)19)20(28)24-14-6-2-1-3-7-14/h4-5,8-12,14H,1-3,6-7H2,(H,24,28)(H,25,29). The van der Waals surface area contributed by atoms with E-state index >= 15 is 0 Å². The first-order valence-corrected chi connectivity index (χ1v) is 9.57. The zero-order valence-corrected chi connectivity index (χ0v) is 15.6. The maximum Gasteiger partial charge on any atom is 0.292 e. The predicted molar refractivity (Wildman–Crippen MR) is 104 cm³/mol. The van der Waals surface area contributed by atoms with Crippen molar-refractivity contribution < 1.29 is 18.4 Å². The Hall–Kier alpha value is -3.29. The molecular weight excluding hydrogens is 378 g/mol. The molecule has 1 fully saturated rings. The van der Waals surface area contributed by atoms with Gasteiger partial charge in [-0.3, -0.25) is 14.0 Å². The number of imidazole rings is 1. The fourth-order valence-corrected chi connectivity index (χ4v) is 3.63. The summed E-state index contributed by atoms with van der Waals surface area (Å²) in [6.45, 7) is 0. The van der Waals surface area contributed by atoms with Gasteiger partial charge in [0.1, 0.15) is 11.6 Å². The van der Waals surface area contributed by atoms with Crippen molar-refractivity contribution in [2.24, 2.45) is 0 Å². The second-order valence-electron chi connectivity index (χ2n) is 7.13. The zero-order valence-electron chi connectivity index (χ0n) is 15.6. The van der Waals surface area contributed by atoms with Crippen LogP contribution in [0.1, 0.15) is 53.2 Å². The summed E-state index contributed by atoms with van der Waals surface area (Å²) >= 11 is 0. The lowest BCUT2D eigenvalue weighted by Gasteiger charge is -2.22.